The summed E-state index contributed by atoms with van der Waals surface area (Å²) in [5.41, 5.74) is 4.34. The standard InChI is InChI=1S/C28H23FN4O3S/c1-17-10-23(32(2)31-17)28(34)33(14-18-5-8-24-25(11-18)36-16-35-24)15-20-12-19-6-7-21(29)13-22(19)30-27(20)26-4-3-9-37-26/h3-13H,14-16H2,1-2H3. The van der Waals surface area contributed by atoms with Gasteiger partial charge in [0.1, 0.15) is 11.5 Å². The number of halogens is 1. The van der Waals surface area contributed by atoms with Gasteiger partial charge >= 0.3 is 0 Å². The lowest BCUT2D eigenvalue weighted by Gasteiger charge is -2.24. The van der Waals surface area contributed by atoms with Gasteiger partial charge in [-0.2, -0.15) is 5.10 Å². The number of carbonyl (C=O) groups excluding carboxylic acids is 1. The Morgan fingerprint density at radius 3 is 2.73 bits per heavy atom. The van der Waals surface area contributed by atoms with Crippen LogP contribution in [-0.4, -0.2) is 32.4 Å². The van der Waals surface area contributed by atoms with Gasteiger partial charge in [-0.25, -0.2) is 9.37 Å². The Morgan fingerprint density at radius 1 is 1.08 bits per heavy atom. The number of thiophene rings is 1. The van der Waals surface area contributed by atoms with Gasteiger partial charge in [0.05, 0.1) is 21.8 Å². The lowest BCUT2D eigenvalue weighted by Crippen LogP contribution is -2.32. The van der Waals surface area contributed by atoms with Crippen molar-refractivity contribution in [3.63, 3.8) is 0 Å². The monoisotopic (exact) mass is 514 g/mol. The van der Waals surface area contributed by atoms with Gasteiger partial charge in [0.15, 0.2) is 11.5 Å². The molecular weight excluding hydrogens is 491 g/mol. The second kappa shape index (κ2) is 9.33. The van der Waals surface area contributed by atoms with Crippen LogP contribution in [0.25, 0.3) is 21.5 Å². The number of aromatic nitrogens is 3. The average Bonchev–Trinajstić information content (AvgIpc) is 3.64. The second-order valence-electron chi connectivity index (χ2n) is 8.95. The van der Waals surface area contributed by atoms with E-state index in [9.17, 15) is 9.18 Å². The van der Waals surface area contributed by atoms with Crippen molar-refractivity contribution in [3.8, 4) is 22.1 Å². The summed E-state index contributed by atoms with van der Waals surface area (Å²) in [6.45, 7) is 2.68. The van der Waals surface area contributed by atoms with Crippen LogP contribution in [0.2, 0.25) is 0 Å². The van der Waals surface area contributed by atoms with Crippen LogP contribution in [-0.2, 0) is 20.1 Å². The van der Waals surface area contributed by atoms with Crippen LogP contribution in [0.5, 0.6) is 11.5 Å². The quantitative estimate of drug-likeness (QED) is 0.290. The van der Waals surface area contributed by atoms with Crippen LogP contribution in [0, 0.1) is 12.7 Å². The summed E-state index contributed by atoms with van der Waals surface area (Å²) in [5.74, 6) is 0.859. The van der Waals surface area contributed by atoms with Gasteiger partial charge in [-0.1, -0.05) is 12.1 Å². The fourth-order valence-corrected chi connectivity index (χ4v) is 5.32. The summed E-state index contributed by atoms with van der Waals surface area (Å²) in [5, 5.41) is 7.16. The average molecular weight is 515 g/mol. The largest absolute Gasteiger partial charge is 0.454 e. The van der Waals surface area contributed by atoms with Gasteiger partial charge in [-0.05, 0) is 65.9 Å². The SMILES string of the molecule is Cc1cc(C(=O)N(Cc2ccc3c(c2)OCO3)Cc2cc3ccc(F)cc3nc2-c2cccs2)n(C)n1. The van der Waals surface area contributed by atoms with E-state index in [2.05, 4.69) is 5.10 Å². The Balaban J connectivity index is 1.43. The van der Waals surface area contributed by atoms with Gasteiger partial charge in [0, 0.05) is 31.6 Å². The van der Waals surface area contributed by atoms with Crippen LogP contribution in [0.15, 0.2) is 66.0 Å². The first-order chi connectivity index (χ1) is 17.9. The molecule has 5 aromatic rings. The molecule has 0 saturated carbocycles. The number of nitrogens with zero attached hydrogens (tertiary/aromatic N) is 4. The Labute approximate surface area is 216 Å². The highest BCUT2D eigenvalue weighted by molar-refractivity contribution is 7.13. The van der Waals surface area contributed by atoms with Crippen LogP contribution in [0.4, 0.5) is 4.39 Å². The summed E-state index contributed by atoms with van der Waals surface area (Å²) in [6.07, 6.45) is 0. The van der Waals surface area contributed by atoms with Crippen LogP contribution in [0.1, 0.15) is 27.3 Å². The number of fused-ring (bicyclic) bond motifs is 2. The van der Waals surface area contributed by atoms with Gasteiger partial charge in [-0.15, -0.1) is 11.3 Å². The topological polar surface area (TPSA) is 69.5 Å². The normalized spacial score (nSPS) is 12.3. The molecule has 0 fully saturated rings. The Bertz CT molecular complexity index is 1630. The van der Waals surface area contributed by atoms with Crippen molar-refractivity contribution in [2.75, 3.05) is 6.79 Å². The first-order valence-corrected chi connectivity index (χ1v) is 12.6. The second-order valence-corrected chi connectivity index (χ2v) is 9.90. The summed E-state index contributed by atoms with van der Waals surface area (Å²) in [4.78, 5) is 21.4. The Hall–Kier alpha value is -4.24. The van der Waals surface area contributed by atoms with E-state index in [0.717, 1.165) is 32.8 Å². The molecule has 0 saturated heterocycles. The van der Waals surface area contributed by atoms with Crippen molar-refractivity contribution in [1.29, 1.82) is 0 Å². The maximum Gasteiger partial charge on any atom is 0.272 e. The number of ether oxygens (including phenoxy) is 2. The van der Waals surface area contributed by atoms with E-state index < -0.39 is 0 Å². The zero-order valence-corrected chi connectivity index (χ0v) is 21.1. The number of rotatable bonds is 6. The highest BCUT2D eigenvalue weighted by Crippen LogP contribution is 2.34. The number of carbonyl (C=O) groups is 1. The maximum absolute atomic E-state index is 14.0. The highest BCUT2D eigenvalue weighted by Gasteiger charge is 2.24. The minimum atomic E-state index is -0.337. The molecule has 0 spiro atoms. The van der Waals surface area contributed by atoms with Gasteiger partial charge in [0.2, 0.25) is 6.79 Å². The summed E-state index contributed by atoms with van der Waals surface area (Å²) < 4.78 is 26.6. The molecule has 1 aliphatic heterocycles. The molecule has 3 aromatic heterocycles. The van der Waals surface area contributed by atoms with Crippen LogP contribution >= 0.6 is 11.3 Å². The maximum atomic E-state index is 14.0. The number of pyridine rings is 1. The molecule has 2 aromatic carbocycles. The third-order valence-electron chi connectivity index (χ3n) is 6.29. The molecule has 1 aliphatic rings. The molecule has 37 heavy (non-hydrogen) atoms. The van der Waals surface area contributed by atoms with E-state index >= 15 is 0 Å². The summed E-state index contributed by atoms with van der Waals surface area (Å²) in [6, 6.07) is 18.0. The zero-order valence-electron chi connectivity index (χ0n) is 20.3. The van der Waals surface area contributed by atoms with E-state index in [0.29, 0.717) is 35.8 Å². The molecule has 4 heterocycles. The molecular formula is C28H23FN4O3S. The molecule has 0 radical (unpaired) electrons. The van der Waals surface area contributed by atoms with Crippen molar-refractivity contribution in [2.24, 2.45) is 7.05 Å². The van der Waals surface area contributed by atoms with Crippen molar-refractivity contribution >= 4 is 28.1 Å². The summed E-state index contributed by atoms with van der Waals surface area (Å²) >= 11 is 1.55. The van der Waals surface area contributed by atoms with Crippen molar-refractivity contribution in [2.45, 2.75) is 20.0 Å². The van der Waals surface area contributed by atoms with E-state index in [-0.39, 0.29) is 18.5 Å². The van der Waals surface area contributed by atoms with Crippen molar-refractivity contribution in [1.82, 2.24) is 19.7 Å². The third-order valence-corrected chi connectivity index (χ3v) is 7.17. The third kappa shape index (κ3) is 4.53. The van der Waals surface area contributed by atoms with Gasteiger partial charge in [0.25, 0.3) is 5.91 Å². The fraction of sp³-hybridized carbons (Fsp3) is 0.179. The van der Waals surface area contributed by atoms with E-state index in [1.54, 1.807) is 40.1 Å². The molecule has 6 rings (SSSR count). The van der Waals surface area contributed by atoms with Crippen LogP contribution < -0.4 is 9.47 Å². The predicted octanol–water partition coefficient (Wildman–Crippen LogP) is 5.72. The Morgan fingerprint density at radius 2 is 1.95 bits per heavy atom. The molecule has 9 heteroatoms. The van der Waals surface area contributed by atoms with Crippen molar-refractivity contribution in [3.05, 3.63) is 94.4 Å². The van der Waals surface area contributed by atoms with Crippen molar-refractivity contribution < 1.29 is 18.7 Å². The number of benzene rings is 2. The number of amides is 1. The number of aryl methyl sites for hydroxylation is 2. The predicted molar refractivity (Wildman–Crippen MR) is 139 cm³/mol. The molecule has 0 bridgehead atoms. The number of hydrogen-bond acceptors (Lipinski definition) is 6. The molecule has 0 aliphatic carbocycles. The molecule has 0 atom stereocenters. The first-order valence-electron chi connectivity index (χ1n) is 11.8. The first kappa shape index (κ1) is 23.2. The van der Waals surface area contributed by atoms with E-state index in [4.69, 9.17) is 14.5 Å². The van der Waals surface area contributed by atoms with Gasteiger partial charge in [-0.3, -0.25) is 9.48 Å². The Kier molecular flexibility index (Phi) is 5.84. The molecule has 0 unspecified atom stereocenters. The minimum absolute atomic E-state index is 0.155. The minimum Gasteiger partial charge on any atom is -0.454 e. The molecule has 7 nitrogen and oxygen atoms in total. The smallest absolute Gasteiger partial charge is 0.272 e. The lowest BCUT2D eigenvalue weighted by molar-refractivity contribution is 0.0719. The molecule has 0 N–H and O–H groups in total. The summed E-state index contributed by atoms with van der Waals surface area (Å²) in [7, 11) is 1.77. The zero-order chi connectivity index (χ0) is 25.5. The van der Waals surface area contributed by atoms with E-state index in [1.165, 1.54) is 12.1 Å². The molecule has 1 amide bonds. The fourth-order valence-electron chi connectivity index (χ4n) is 4.57. The highest BCUT2D eigenvalue weighted by atomic mass is 32.1. The van der Waals surface area contributed by atoms with E-state index in [1.807, 2.05) is 48.7 Å². The lowest BCUT2D eigenvalue weighted by atomic mass is 10.1. The molecule has 186 valence electrons. The van der Waals surface area contributed by atoms with Crippen LogP contribution in [0.3, 0.4) is 0 Å². The number of hydrogen-bond donors (Lipinski definition) is 0. The van der Waals surface area contributed by atoms with Gasteiger partial charge < -0.3 is 14.4 Å².